The fraction of sp³-hybridized carbons (Fsp3) is 0.833. The van der Waals surface area contributed by atoms with Crippen LogP contribution in [-0.2, 0) is 19.1 Å². The number of carbonyl (C=O) groups is 2. The van der Waals surface area contributed by atoms with Gasteiger partial charge in [0.25, 0.3) is 0 Å². The molecule has 4 nitrogen and oxygen atoms in total. The molecule has 6 atom stereocenters. The van der Waals surface area contributed by atoms with Crippen molar-refractivity contribution in [3.05, 3.63) is 12.2 Å². The van der Waals surface area contributed by atoms with Gasteiger partial charge in [-0.15, -0.1) is 0 Å². The van der Waals surface area contributed by atoms with Crippen molar-refractivity contribution in [2.75, 3.05) is 0 Å². The smallest absolute Gasteiger partial charge is 0.331 e. The Morgan fingerprint density at radius 1 is 0.714 bits per heavy atom. The summed E-state index contributed by atoms with van der Waals surface area (Å²) < 4.78 is 11.4. The molecule has 28 heavy (non-hydrogen) atoms. The molecule has 0 bridgehead atoms. The lowest BCUT2D eigenvalue weighted by molar-refractivity contribution is -0.152. The molecular formula is C24H40O4. The number of rotatable bonds is 6. The summed E-state index contributed by atoms with van der Waals surface area (Å²) in [6.07, 6.45) is 8.77. The molecule has 0 aromatic heterocycles. The van der Waals surface area contributed by atoms with E-state index in [1.54, 1.807) is 0 Å². The average molecular weight is 393 g/mol. The third kappa shape index (κ3) is 6.63. The lowest BCUT2D eigenvalue weighted by atomic mass is 9.75. The Morgan fingerprint density at radius 3 is 1.39 bits per heavy atom. The Hall–Kier alpha value is -1.32. The van der Waals surface area contributed by atoms with E-state index in [0.717, 1.165) is 25.7 Å². The molecule has 0 spiro atoms. The van der Waals surface area contributed by atoms with Gasteiger partial charge in [0.2, 0.25) is 0 Å². The van der Waals surface area contributed by atoms with E-state index in [1.807, 2.05) is 0 Å². The van der Waals surface area contributed by atoms with Crippen molar-refractivity contribution >= 4 is 11.9 Å². The van der Waals surface area contributed by atoms with Gasteiger partial charge in [-0.2, -0.15) is 0 Å². The highest BCUT2D eigenvalue weighted by atomic mass is 16.5. The normalized spacial score (nSPS) is 34.0. The molecule has 0 amide bonds. The zero-order chi connectivity index (χ0) is 20.8. The van der Waals surface area contributed by atoms with E-state index in [4.69, 9.17) is 9.47 Å². The molecule has 2 saturated carbocycles. The van der Waals surface area contributed by atoms with Gasteiger partial charge in [0.05, 0.1) is 0 Å². The highest BCUT2D eigenvalue weighted by molar-refractivity contribution is 5.91. The van der Waals surface area contributed by atoms with Gasteiger partial charge in [-0.05, 0) is 61.2 Å². The van der Waals surface area contributed by atoms with Crippen LogP contribution in [0.4, 0.5) is 0 Å². The number of esters is 2. The Kier molecular flexibility index (Phi) is 8.57. The highest BCUT2D eigenvalue weighted by Crippen LogP contribution is 2.36. The van der Waals surface area contributed by atoms with Crippen molar-refractivity contribution in [3.63, 3.8) is 0 Å². The molecule has 4 heteroatoms. The summed E-state index contributed by atoms with van der Waals surface area (Å²) in [6.45, 7) is 13.2. The van der Waals surface area contributed by atoms with Crippen molar-refractivity contribution in [1.82, 2.24) is 0 Å². The molecule has 2 aliphatic rings. The summed E-state index contributed by atoms with van der Waals surface area (Å²) in [6, 6.07) is 0. The van der Waals surface area contributed by atoms with E-state index in [-0.39, 0.29) is 12.2 Å². The van der Waals surface area contributed by atoms with Crippen LogP contribution in [0.1, 0.15) is 80.1 Å². The van der Waals surface area contributed by atoms with E-state index in [1.165, 1.54) is 25.0 Å². The third-order valence-electron chi connectivity index (χ3n) is 6.81. The Labute approximate surface area is 171 Å². The van der Waals surface area contributed by atoms with Crippen molar-refractivity contribution < 1.29 is 19.1 Å². The first kappa shape index (κ1) is 23.0. The molecule has 2 rings (SSSR count). The number of carbonyl (C=O) groups excluding carboxylic acids is 2. The Bertz CT molecular complexity index is 503. The molecule has 2 unspecified atom stereocenters. The summed E-state index contributed by atoms with van der Waals surface area (Å²) in [5.74, 6) is 2.05. The maximum Gasteiger partial charge on any atom is 0.331 e. The molecule has 0 heterocycles. The van der Waals surface area contributed by atoms with Crippen LogP contribution in [0.25, 0.3) is 0 Å². The molecule has 2 aliphatic carbocycles. The standard InChI is InChI=1S/C24H40O4/c1-15(2)19-9-7-17(5)13-21(19)27-23(25)11-12-24(26)28-22-14-18(6)8-10-20(22)16(3)4/h11-12,15-22H,7-10,13-14H2,1-6H3/b12-11+/t17-,18-,19+,20+,21?,22?/m1/s1. The van der Waals surface area contributed by atoms with E-state index < -0.39 is 11.9 Å². The van der Waals surface area contributed by atoms with Crippen molar-refractivity contribution in [2.45, 2.75) is 92.3 Å². The Morgan fingerprint density at radius 2 is 1.07 bits per heavy atom. The van der Waals surface area contributed by atoms with Gasteiger partial charge >= 0.3 is 11.9 Å². The third-order valence-corrected chi connectivity index (χ3v) is 6.81. The number of hydrogen-bond donors (Lipinski definition) is 0. The fourth-order valence-corrected chi connectivity index (χ4v) is 5.01. The summed E-state index contributed by atoms with van der Waals surface area (Å²) in [5.41, 5.74) is 0. The van der Waals surface area contributed by atoms with Crippen LogP contribution < -0.4 is 0 Å². The largest absolute Gasteiger partial charge is 0.459 e. The Balaban J connectivity index is 1.89. The summed E-state index contributed by atoms with van der Waals surface area (Å²) >= 11 is 0. The van der Waals surface area contributed by atoms with Crippen LogP contribution >= 0.6 is 0 Å². The molecule has 0 radical (unpaired) electrons. The van der Waals surface area contributed by atoms with Gasteiger partial charge in [-0.25, -0.2) is 9.59 Å². The fourth-order valence-electron chi connectivity index (χ4n) is 5.01. The van der Waals surface area contributed by atoms with Crippen LogP contribution in [0.3, 0.4) is 0 Å². The summed E-state index contributed by atoms with van der Waals surface area (Å²) in [7, 11) is 0. The predicted octanol–water partition coefficient (Wildman–Crippen LogP) is 5.55. The van der Waals surface area contributed by atoms with Crippen LogP contribution in [0.2, 0.25) is 0 Å². The second kappa shape index (κ2) is 10.5. The molecular weight excluding hydrogens is 352 g/mol. The minimum absolute atomic E-state index is 0.0542. The first-order valence-corrected chi connectivity index (χ1v) is 11.3. The minimum Gasteiger partial charge on any atom is -0.459 e. The van der Waals surface area contributed by atoms with Gasteiger partial charge in [0, 0.05) is 12.2 Å². The molecule has 2 fully saturated rings. The summed E-state index contributed by atoms with van der Waals surface area (Å²) in [4.78, 5) is 24.6. The average Bonchev–Trinajstić information content (AvgIpc) is 2.59. The van der Waals surface area contributed by atoms with Gasteiger partial charge < -0.3 is 9.47 Å². The van der Waals surface area contributed by atoms with E-state index in [2.05, 4.69) is 41.5 Å². The number of ether oxygens (including phenoxy) is 2. The maximum atomic E-state index is 12.3. The van der Waals surface area contributed by atoms with Crippen molar-refractivity contribution in [2.24, 2.45) is 35.5 Å². The second-order valence-electron chi connectivity index (χ2n) is 9.94. The zero-order valence-corrected chi connectivity index (χ0v) is 18.6. The van der Waals surface area contributed by atoms with Gasteiger partial charge in [-0.3, -0.25) is 0 Å². The molecule has 0 saturated heterocycles. The monoisotopic (exact) mass is 392 g/mol. The van der Waals surface area contributed by atoms with Crippen molar-refractivity contribution in [1.29, 1.82) is 0 Å². The van der Waals surface area contributed by atoms with Crippen LogP contribution in [0, 0.1) is 35.5 Å². The molecule has 0 aliphatic heterocycles. The number of hydrogen-bond acceptors (Lipinski definition) is 4. The van der Waals surface area contributed by atoms with Gasteiger partial charge in [0.1, 0.15) is 12.2 Å². The molecule has 0 N–H and O–H groups in total. The quantitative estimate of drug-likeness (QED) is 0.439. The van der Waals surface area contributed by atoms with Crippen molar-refractivity contribution in [3.8, 4) is 0 Å². The minimum atomic E-state index is -0.431. The maximum absolute atomic E-state index is 12.3. The summed E-state index contributed by atoms with van der Waals surface area (Å²) in [5, 5.41) is 0. The lowest BCUT2D eigenvalue weighted by Crippen LogP contribution is -2.36. The van der Waals surface area contributed by atoms with E-state index in [0.29, 0.717) is 35.5 Å². The topological polar surface area (TPSA) is 52.6 Å². The molecule has 0 aromatic carbocycles. The SMILES string of the molecule is CC(C)[C@@H]1CC[C@@H](C)CC1OC(=O)/C=C/C(=O)OC1C[C@H](C)CC[C@H]1C(C)C. The molecule has 160 valence electrons. The molecule has 0 aromatic rings. The second-order valence-corrected chi connectivity index (χ2v) is 9.94. The zero-order valence-electron chi connectivity index (χ0n) is 18.6. The lowest BCUT2D eigenvalue weighted by Gasteiger charge is -2.36. The van der Waals surface area contributed by atoms with E-state index >= 15 is 0 Å². The van der Waals surface area contributed by atoms with Gasteiger partial charge in [-0.1, -0.05) is 54.4 Å². The first-order valence-electron chi connectivity index (χ1n) is 11.3. The predicted molar refractivity (Wildman–Crippen MR) is 112 cm³/mol. The van der Waals surface area contributed by atoms with Gasteiger partial charge in [0.15, 0.2) is 0 Å². The highest BCUT2D eigenvalue weighted by Gasteiger charge is 2.34. The van der Waals surface area contributed by atoms with Crippen LogP contribution in [-0.4, -0.2) is 24.1 Å². The van der Waals surface area contributed by atoms with Crippen LogP contribution in [0.15, 0.2) is 12.2 Å². The first-order chi connectivity index (χ1) is 13.2. The van der Waals surface area contributed by atoms with E-state index in [9.17, 15) is 9.59 Å². The van der Waals surface area contributed by atoms with Crippen LogP contribution in [0.5, 0.6) is 0 Å².